The lowest BCUT2D eigenvalue weighted by atomic mass is 10.1. The molecule has 0 atom stereocenters. The van der Waals surface area contributed by atoms with Crippen LogP contribution in [0.3, 0.4) is 0 Å². The molecule has 0 bridgehead atoms. The molecule has 0 aliphatic rings. The zero-order valence-corrected chi connectivity index (χ0v) is 8.93. The maximum atomic E-state index is 12.9. The first kappa shape index (κ1) is 11.2. The molecule has 74 valence electrons. The average molecular weight is 312 g/mol. The molecule has 0 amide bonds. The molecule has 0 fully saturated rings. The van der Waals surface area contributed by atoms with E-state index in [-0.39, 0.29) is 12.0 Å². The van der Waals surface area contributed by atoms with E-state index in [4.69, 9.17) is 5.26 Å². The number of alkyl halides is 2. The van der Waals surface area contributed by atoms with Gasteiger partial charge in [-0.15, -0.1) is 0 Å². The third-order valence-electron chi connectivity index (χ3n) is 1.60. The lowest BCUT2D eigenvalue weighted by Crippen LogP contribution is -2.03. The van der Waals surface area contributed by atoms with Crippen LogP contribution in [0.4, 0.5) is 13.2 Å². The Morgan fingerprint density at radius 2 is 2.21 bits per heavy atom. The normalized spacial score (nSPS) is 10.3. The average Bonchev–Trinajstić information content (AvgIpc) is 2.11. The van der Waals surface area contributed by atoms with Crippen molar-refractivity contribution in [3.63, 3.8) is 0 Å². The second-order valence-corrected chi connectivity index (χ2v) is 3.59. The molecule has 0 saturated heterocycles. The Labute approximate surface area is 91.9 Å². The zero-order valence-electron chi connectivity index (χ0n) is 6.77. The van der Waals surface area contributed by atoms with E-state index < -0.39 is 17.9 Å². The van der Waals surface area contributed by atoms with E-state index in [0.29, 0.717) is 3.57 Å². The Bertz CT molecular complexity index is 387. The van der Waals surface area contributed by atoms with Gasteiger partial charge in [-0.05, 0) is 28.2 Å². The first-order valence-electron chi connectivity index (χ1n) is 3.55. The highest BCUT2D eigenvalue weighted by molar-refractivity contribution is 14.1. The molecule has 1 aromatic rings. The van der Waals surface area contributed by atoms with Gasteiger partial charge in [-0.25, -0.2) is 13.8 Å². The summed E-state index contributed by atoms with van der Waals surface area (Å²) in [6.07, 6.45) is -2.05. The van der Waals surface area contributed by atoms with Gasteiger partial charge in [0.1, 0.15) is 0 Å². The Morgan fingerprint density at radius 1 is 1.57 bits per heavy atom. The van der Waals surface area contributed by atoms with Crippen molar-refractivity contribution < 1.29 is 13.2 Å². The molecule has 0 aliphatic heterocycles. The molecule has 6 heteroatoms. The minimum absolute atomic E-state index is 0.0237. The SMILES string of the molecule is N#CCc1c(I)cnc(F)c1C(F)F. The summed E-state index contributed by atoms with van der Waals surface area (Å²) >= 11 is 1.75. The van der Waals surface area contributed by atoms with E-state index in [2.05, 4.69) is 4.98 Å². The van der Waals surface area contributed by atoms with Gasteiger partial charge in [0.05, 0.1) is 18.1 Å². The van der Waals surface area contributed by atoms with Crippen LogP contribution in [0.2, 0.25) is 0 Å². The highest BCUT2D eigenvalue weighted by Crippen LogP contribution is 2.28. The molecule has 0 saturated carbocycles. The van der Waals surface area contributed by atoms with Crippen LogP contribution < -0.4 is 0 Å². The molecule has 1 heterocycles. The van der Waals surface area contributed by atoms with Crippen LogP contribution >= 0.6 is 22.6 Å². The molecular formula is C8H4F3IN2. The summed E-state index contributed by atoms with van der Waals surface area (Å²) in [4.78, 5) is 3.18. The summed E-state index contributed by atoms with van der Waals surface area (Å²) in [6.45, 7) is 0. The number of aromatic nitrogens is 1. The summed E-state index contributed by atoms with van der Waals surface area (Å²) in [5.74, 6) is -1.20. The summed E-state index contributed by atoms with van der Waals surface area (Å²) in [6, 6.07) is 1.71. The highest BCUT2D eigenvalue weighted by atomic mass is 127. The summed E-state index contributed by atoms with van der Waals surface area (Å²) in [5.41, 5.74) is -0.742. The number of halogens is 4. The molecule has 0 aliphatic carbocycles. The predicted octanol–water partition coefficient (Wildman–Crippen LogP) is 2.83. The Kier molecular flexibility index (Phi) is 3.69. The van der Waals surface area contributed by atoms with Gasteiger partial charge in [0.25, 0.3) is 6.43 Å². The van der Waals surface area contributed by atoms with Crippen LogP contribution in [0.25, 0.3) is 0 Å². The van der Waals surface area contributed by atoms with Crippen LogP contribution in [0.15, 0.2) is 6.20 Å². The van der Waals surface area contributed by atoms with Gasteiger partial charge in [0.2, 0.25) is 5.95 Å². The number of nitrogens with zero attached hydrogens (tertiary/aromatic N) is 2. The number of pyridine rings is 1. The molecule has 1 aromatic heterocycles. The monoisotopic (exact) mass is 312 g/mol. The summed E-state index contributed by atoms with van der Waals surface area (Å²) in [7, 11) is 0. The van der Waals surface area contributed by atoms with Gasteiger partial charge in [0, 0.05) is 9.77 Å². The van der Waals surface area contributed by atoms with E-state index in [1.54, 1.807) is 28.7 Å². The lowest BCUT2D eigenvalue weighted by Gasteiger charge is -2.07. The number of rotatable bonds is 2. The molecule has 0 unspecified atom stereocenters. The van der Waals surface area contributed by atoms with E-state index >= 15 is 0 Å². The molecule has 2 nitrogen and oxygen atoms in total. The van der Waals surface area contributed by atoms with Crippen molar-refractivity contribution in [2.75, 3.05) is 0 Å². The molecule has 0 spiro atoms. The summed E-state index contributed by atoms with van der Waals surface area (Å²) < 4.78 is 38.1. The minimum atomic E-state index is -2.94. The second-order valence-electron chi connectivity index (χ2n) is 2.42. The van der Waals surface area contributed by atoms with E-state index in [1.807, 2.05) is 0 Å². The standard InChI is InChI=1S/C8H4F3IN2/c9-7(10)6-4(1-2-13)5(12)3-14-8(6)11/h3,7H,1H2. The Morgan fingerprint density at radius 3 is 2.71 bits per heavy atom. The van der Waals surface area contributed by atoms with Crippen molar-refractivity contribution in [2.45, 2.75) is 12.8 Å². The van der Waals surface area contributed by atoms with E-state index in [1.165, 1.54) is 0 Å². The topological polar surface area (TPSA) is 36.7 Å². The molecule has 0 radical (unpaired) electrons. The molecule has 1 rings (SSSR count). The quantitative estimate of drug-likeness (QED) is 0.622. The van der Waals surface area contributed by atoms with Gasteiger partial charge < -0.3 is 0 Å². The maximum Gasteiger partial charge on any atom is 0.268 e. The third kappa shape index (κ3) is 2.15. The van der Waals surface area contributed by atoms with Crippen molar-refractivity contribution in [1.82, 2.24) is 4.98 Å². The van der Waals surface area contributed by atoms with Crippen LogP contribution in [0.5, 0.6) is 0 Å². The highest BCUT2D eigenvalue weighted by Gasteiger charge is 2.21. The molecule has 0 N–H and O–H groups in total. The predicted molar refractivity (Wildman–Crippen MR) is 51.2 cm³/mol. The van der Waals surface area contributed by atoms with Crippen molar-refractivity contribution in [2.24, 2.45) is 0 Å². The Balaban J connectivity index is 3.35. The smallest absolute Gasteiger partial charge is 0.227 e. The minimum Gasteiger partial charge on any atom is -0.227 e. The number of nitriles is 1. The van der Waals surface area contributed by atoms with Crippen LogP contribution in [0.1, 0.15) is 17.6 Å². The summed E-state index contributed by atoms with van der Waals surface area (Å²) in [5, 5.41) is 8.40. The maximum absolute atomic E-state index is 12.9. The van der Waals surface area contributed by atoms with Crippen LogP contribution in [0, 0.1) is 20.8 Å². The van der Waals surface area contributed by atoms with Crippen molar-refractivity contribution in [1.29, 1.82) is 5.26 Å². The van der Waals surface area contributed by atoms with Gasteiger partial charge in [-0.3, -0.25) is 0 Å². The van der Waals surface area contributed by atoms with E-state index in [9.17, 15) is 13.2 Å². The fourth-order valence-corrected chi connectivity index (χ4v) is 1.61. The molecule has 14 heavy (non-hydrogen) atoms. The largest absolute Gasteiger partial charge is 0.268 e. The molecular weight excluding hydrogens is 308 g/mol. The van der Waals surface area contributed by atoms with E-state index in [0.717, 1.165) is 6.20 Å². The van der Waals surface area contributed by atoms with Gasteiger partial charge in [-0.2, -0.15) is 9.65 Å². The van der Waals surface area contributed by atoms with Crippen LogP contribution in [-0.4, -0.2) is 4.98 Å². The number of hydrogen-bond donors (Lipinski definition) is 0. The van der Waals surface area contributed by atoms with Crippen molar-refractivity contribution in [3.05, 3.63) is 26.8 Å². The van der Waals surface area contributed by atoms with Crippen molar-refractivity contribution in [3.8, 4) is 6.07 Å². The van der Waals surface area contributed by atoms with Gasteiger partial charge >= 0.3 is 0 Å². The van der Waals surface area contributed by atoms with Crippen LogP contribution in [-0.2, 0) is 6.42 Å². The zero-order chi connectivity index (χ0) is 10.7. The van der Waals surface area contributed by atoms with Crippen molar-refractivity contribution >= 4 is 22.6 Å². The van der Waals surface area contributed by atoms with Gasteiger partial charge in [0.15, 0.2) is 0 Å². The Hall–Kier alpha value is -0.840. The first-order valence-corrected chi connectivity index (χ1v) is 4.63. The second kappa shape index (κ2) is 4.59. The fraction of sp³-hybridized carbons (Fsp3) is 0.250. The third-order valence-corrected chi connectivity index (χ3v) is 2.53. The fourth-order valence-electron chi connectivity index (χ4n) is 0.994. The first-order chi connectivity index (χ1) is 6.57. The number of hydrogen-bond acceptors (Lipinski definition) is 2. The van der Waals surface area contributed by atoms with Gasteiger partial charge in [-0.1, -0.05) is 0 Å². The lowest BCUT2D eigenvalue weighted by molar-refractivity contribution is 0.144. The molecule has 0 aromatic carbocycles.